The minimum absolute atomic E-state index is 0.147. The average Bonchev–Trinajstić information content (AvgIpc) is 3.22. The molecule has 1 aromatic heterocycles. The van der Waals surface area contributed by atoms with Crippen LogP contribution in [0, 0.1) is 0 Å². The Hall–Kier alpha value is -2.86. The van der Waals surface area contributed by atoms with Gasteiger partial charge < -0.3 is 14.2 Å². The Morgan fingerprint density at radius 2 is 2.03 bits per heavy atom. The van der Waals surface area contributed by atoms with E-state index in [0.29, 0.717) is 16.7 Å². The molecule has 1 unspecified atom stereocenters. The quantitative estimate of drug-likeness (QED) is 0.572. The maximum absolute atomic E-state index is 12.8. The number of aromatic nitrogens is 2. The van der Waals surface area contributed by atoms with Crippen LogP contribution in [0.4, 0.5) is 0 Å². The molecule has 0 radical (unpaired) electrons. The second-order valence-corrected chi connectivity index (χ2v) is 8.01. The SMILES string of the molecule is CC(Oc1cccc2c1CCCC2)C(=O)N(C)Cc1nc(-c2cccc(Cl)c2)no1. The highest BCUT2D eigenvalue weighted by molar-refractivity contribution is 6.30. The Morgan fingerprint density at radius 1 is 1.23 bits per heavy atom. The summed E-state index contributed by atoms with van der Waals surface area (Å²) in [6.45, 7) is 1.97. The van der Waals surface area contributed by atoms with Gasteiger partial charge in [0.25, 0.3) is 5.91 Å². The van der Waals surface area contributed by atoms with E-state index in [1.54, 1.807) is 26.1 Å². The lowest BCUT2D eigenvalue weighted by Gasteiger charge is -2.24. The lowest BCUT2D eigenvalue weighted by Crippen LogP contribution is -2.37. The van der Waals surface area contributed by atoms with Crippen LogP contribution in [-0.2, 0) is 24.2 Å². The molecule has 0 saturated carbocycles. The summed E-state index contributed by atoms with van der Waals surface area (Å²) in [5.41, 5.74) is 3.32. The van der Waals surface area contributed by atoms with Crippen molar-refractivity contribution in [1.82, 2.24) is 15.0 Å². The van der Waals surface area contributed by atoms with Crippen molar-refractivity contribution in [2.45, 2.75) is 45.3 Å². The number of likely N-dealkylation sites (N-methyl/N-ethyl adjacent to an activating group) is 1. The smallest absolute Gasteiger partial charge is 0.263 e. The van der Waals surface area contributed by atoms with E-state index >= 15 is 0 Å². The molecule has 2 aromatic carbocycles. The molecule has 156 valence electrons. The van der Waals surface area contributed by atoms with Gasteiger partial charge in [0.1, 0.15) is 5.75 Å². The molecule has 1 aliphatic rings. The van der Waals surface area contributed by atoms with Gasteiger partial charge in [-0.05, 0) is 61.9 Å². The first-order chi connectivity index (χ1) is 14.5. The molecular formula is C23H24ClN3O3. The Balaban J connectivity index is 1.40. The highest BCUT2D eigenvalue weighted by Crippen LogP contribution is 2.30. The number of amides is 1. The molecule has 1 amide bonds. The van der Waals surface area contributed by atoms with Crippen molar-refractivity contribution in [2.24, 2.45) is 0 Å². The molecule has 0 aliphatic heterocycles. The zero-order valence-corrected chi connectivity index (χ0v) is 17.9. The third-order valence-electron chi connectivity index (χ3n) is 5.30. The minimum atomic E-state index is -0.612. The van der Waals surface area contributed by atoms with Crippen LogP contribution in [0.1, 0.15) is 36.8 Å². The molecule has 1 heterocycles. The molecule has 7 heteroatoms. The Morgan fingerprint density at radius 3 is 2.87 bits per heavy atom. The van der Waals surface area contributed by atoms with Crippen molar-refractivity contribution < 1.29 is 14.1 Å². The third-order valence-corrected chi connectivity index (χ3v) is 5.54. The number of halogens is 1. The van der Waals surface area contributed by atoms with Crippen molar-refractivity contribution >= 4 is 17.5 Å². The molecule has 0 saturated heterocycles. The molecule has 30 heavy (non-hydrogen) atoms. The van der Waals surface area contributed by atoms with Crippen molar-refractivity contribution in [3.8, 4) is 17.1 Å². The molecule has 0 fully saturated rings. The van der Waals surface area contributed by atoms with E-state index in [4.69, 9.17) is 20.9 Å². The maximum atomic E-state index is 12.8. The van der Waals surface area contributed by atoms with Crippen LogP contribution in [0.3, 0.4) is 0 Å². The van der Waals surface area contributed by atoms with Gasteiger partial charge in [0.2, 0.25) is 11.7 Å². The van der Waals surface area contributed by atoms with Crippen LogP contribution in [0.2, 0.25) is 5.02 Å². The van der Waals surface area contributed by atoms with Gasteiger partial charge in [-0.2, -0.15) is 4.98 Å². The highest BCUT2D eigenvalue weighted by atomic mass is 35.5. The Labute approximate surface area is 180 Å². The number of carbonyl (C=O) groups is 1. The minimum Gasteiger partial charge on any atom is -0.481 e. The number of ether oxygens (including phenoxy) is 1. The number of fused-ring (bicyclic) bond motifs is 1. The summed E-state index contributed by atoms with van der Waals surface area (Å²) in [6, 6.07) is 13.3. The fraction of sp³-hybridized carbons (Fsp3) is 0.348. The summed E-state index contributed by atoms with van der Waals surface area (Å²) in [4.78, 5) is 18.7. The molecule has 1 atom stereocenters. The van der Waals surface area contributed by atoms with Crippen LogP contribution < -0.4 is 4.74 Å². The standard InChI is InChI=1S/C23H24ClN3O3/c1-15(29-20-12-6-8-16-7-3-4-11-19(16)20)23(28)27(2)14-21-25-22(26-30-21)17-9-5-10-18(24)13-17/h5-6,8-10,12-13,15H,3-4,7,11,14H2,1-2H3. The van der Waals surface area contributed by atoms with E-state index in [-0.39, 0.29) is 12.5 Å². The van der Waals surface area contributed by atoms with E-state index in [1.165, 1.54) is 22.4 Å². The fourth-order valence-corrected chi connectivity index (χ4v) is 3.94. The molecule has 0 spiro atoms. The first kappa shape index (κ1) is 20.4. The average molecular weight is 426 g/mol. The zero-order valence-electron chi connectivity index (χ0n) is 17.1. The second kappa shape index (κ2) is 8.88. The van der Waals surface area contributed by atoms with Crippen molar-refractivity contribution in [3.05, 3.63) is 64.5 Å². The topological polar surface area (TPSA) is 68.5 Å². The van der Waals surface area contributed by atoms with Crippen LogP contribution in [0.15, 0.2) is 47.0 Å². The summed E-state index contributed by atoms with van der Waals surface area (Å²) in [6.07, 6.45) is 3.81. The summed E-state index contributed by atoms with van der Waals surface area (Å²) in [5.74, 6) is 1.45. The van der Waals surface area contributed by atoms with Gasteiger partial charge in [0.15, 0.2) is 6.10 Å². The lowest BCUT2D eigenvalue weighted by atomic mass is 9.91. The van der Waals surface area contributed by atoms with Gasteiger partial charge in [-0.1, -0.05) is 41.0 Å². The second-order valence-electron chi connectivity index (χ2n) is 7.58. The third kappa shape index (κ3) is 4.49. The number of hydrogen-bond acceptors (Lipinski definition) is 5. The maximum Gasteiger partial charge on any atom is 0.263 e. The highest BCUT2D eigenvalue weighted by Gasteiger charge is 2.23. The molecule has 1 aliphatic carbocycles. The molecular weight excluding hydrogens is 402 g/mol. The van der Waals surface area contributed by atoms with Gasteiger partial charge in [0.05, 0.1) is 6.54 Å². The number of hydrogen-bond donors (Lipinski definition) is 0. The van der Waals surface area contributed by atoms with Gasteiger partial charge in [0, 0.05) is 17.6 Å². The lowest BCUT2D eigenvalue weighted by molar-refractivity contribution is -0.137. The van der Waals surface area contributed by atoms with Gasteiger partial charge >= 0.3 is 0 Å². The largest absolute Gasteiger partial charge is 0.481 e. The van der Waals surface area contributed by atoms with E-state index < -0.39 is 6.10 Å². The number of nitrogens with zero attached hydrogens (tertiary/aromatic N) is 3. The molecule has 6 nitrogen and oxygen atoms in total. The van der Waals surface area contributed by atoms with Crippen LogP contribution in [0.25, 0.3) is 11.4 Å². The first-order valence-electron chi connectivity index (χ1n) is 10.1. The normalized spacial score (nSPS) is 14.1. The molecule has 3 aromatic rings. The predicted octanol–water partition coefficient (Wildman–Crippen LogP) is 4.69. The van der Waals surface area contributed by atoms with E-state index in [9.17, 15) is 4.79 Å². The van der Waals surface area contributed by atoms with Crippen molar-refractivity contribution in [1.29, 1.82) is 0 Å². The summed E-state index contributed by atoms with van der Waals surface area (Å²) < 4.78 is 11.4. The molecule has 0 bridgehead atoms. The van der Waals surface area contributed by atoms with Gasteiger partial charge in [-0.15, -0.1) is 0 Å². The summed E-state index contributed by atoms with van der Waals surface area (Å²) in [7, 11) is 1.70. The van der Waals surface area contributed by atoms with Crippen LogP contribution >= 0.6 is 11.6 Å². The summed E-state index contributed by atoms with van der Waals surface area (Å²) in [5, 5.41) is 4.58. The zero-order chi connectivity index (χ0) is 21.1. The van der Waals surface area contributed by atoms with E-state index in [2.05, 4.69) is 16.2 Å². The van der Waals surface area contributed by atoms with Gasteiger partial charge in [-0.3, -0.25) is 4.79 Å². The predicted molar refractivity (Wildman–Crippen MR) is 114 cm³/mol. The van der Waals surface area contributed by atoms with Crippen LogP contribution in [-0.4, -0.2) is 34.1 Å². The number of rotatable bonds is 6. The van der Waals surface area contributed by atoms with Crippen molar-refractivity contribution in [3.63, 3.8) is 0 Å². The number of carbonyl (C=O) groups excluding carboxylic acids is 1. The molecule has 4 rings (SSSR count). The fourth-order valence-electron chi connectivity index (χ4n) is 3.75. The number of benzene rings is 2. The van der Waals surface area contributed by atoms with Gasteiger partial charge in [-0.25, -0.2) is 0 Å². The Bertz CT molecular complexity index is 1050. The monoisotopic (exact) mass is 425 g/mol. The summed E-state index contributed by atoms with van der Waals surface area (Å²) >= 11 is 6.02. The molecule has 0 N–H and O–H groups in total. The van der Waals surface area contributed by atoms with Crippen LogP contribution in [0.5, 0.6) is 5.75 Å². The number of aryl methyl sites for hydroxylation is 1. The van der Waals surface area contributed by atoms with E-state index in [0.717, 1.165) is 30.6 Å². The Kier molecular flexibility index (Phi) is 6.04. The first-order valence-corrected chi connectivity index (χ1v) is 10.5. The van der Waals surface area contributed by atoms with E-state index in [1.807, 2.05) is 24.3 Å². The van der Waals surface area contributed by atoms with Crippen molar-refractivity contribution in [2.75, 3.05) is 7.05 Å².